The smallest absolute Gasteiger partial charge is 0.397 e. The Balaban J connectivity index is 2.50. The van der Waals surface area contributed by atoms with E-state index < -0.39 is 59.8 Å². The number of hydrogen-bond donors (Lipinski definition) is 4. The Bertz CT molecular complexity index is 926. The second-order valence-electron chi connectivity index (χ2n) is 11.8. The number of rotatable bonds is 28. The molecule has 46 heavy (non-hydrogen) atoms. The van der Waals surface area contributed by atoms with Gasteiger partial charge in [-0.1, -0.05) is 95.9 Å². The number of ether oxygens (including phenoxy) is 4. The zero-order valence-corrected chi connectivity index (χ0v) is 28.7. The Hall–Kier alpha value is -1.42. The van der Waals surface area contributed by atoms with E-state index in [0.29, 0.717) is 13.0 Å². The molecule has 6 atom stereocenters. The maximum atomic E-state index is 12.5. The molecule has 0 aromatic rings. The second kappa shape index (κ2) is 26.5. The molecule has 1 aliphatic heterocycles. The summed E-state index contributed by atoms with van der Waals surface area (Å²) in [7, 11) is -5.05. The quantitative estimate of drug-likeness (QED) is 0.0379. The summed E-state index contributed by atoms with van der Waals surface area (Å²) >= 11 is 0. The molecular formula is C33H60O12S. The van der Waals surface area contributed by atoms with Crippen molar-refractivity contribution in [2.24, 2.45) is 0 Å². The van der Waals surface area contributed by atoms with Crippen LogP contribution in [0, 0.1) is 0 Å². The first-order valence-corrected chi connectivity index (χ1v) is 18.5. The van der Waals surface area contributed by atoms with Crippen molar-refractivity contribution in [2.45, 2.75) is 153 Å². The van der Waals surface area contributed by atoms with Crippen LogP contribution < -0.4 is 0 Å². The van der Waals surface area contributed by atoms with Gasteiger partial charge in [-0.25, -0.2) is 4.18 Å². The summed E-state index contributed by atoms with van der Waals surface area (Å²) in [5.74, 6) is -0.419. The molecule has 0 aromatic carbocycles. The number of hydrogen-bond acceptors (Lipinski definition) is 11. The molecule has 13 heteroatoms. The lowest BCUT2D eigenvalue weighted by atomic mass is 9.99. The molecule has 12 nitrogen and oxygen atoms in total. The highest BCUT2D eigenvalue weighted by Crippen LogP contribution is 2.26. The van der Waals surface area contributed by atoms with Gasteiger partial charge < -0.3 is 34.3 Å². The summed E-state index contributed by atoms with van der Waals surface area (Å²) in [6, 6.07) is 0. The highest BCUT2D eigenvalue weighted by Gasteiger charge is 2.48. The van der Waals surface area contributed by atoms with Gasteiger partial charge in [0.15, 0.2) is 6.29 Å². The molecule has 0 bridgehead atoms. The monoisotopic (exact) mass is 680 g/mol. The van der Waals surface area contributed by atoms with Crippen LogP contribution in [-0.2, 0) is 38.3 Å². The lowest BCUT2D eigenvalue weighted by molar-refractivity contribution is -0.301. The zero-order valence-electron chi connectivity index (χ0n) is 27.9. The van der Waals surface area contributed by atoms with E-state index in [2.05, 4.69) is 42.3 Å². The standard InChI is InChI=1S/C33H60O12S/c1-3-5-7-9-10-11-12-13-14-15-16-17-19-21-23-41-25-27(43-29(35)22-20-18-8-6-4-2)26-42-33-31(37)32(45-46(38,39)40)30(36)28(24-34)44-33/h7,9,11-12,27-28,30-34,36-37H,3-6,8,10,13-26H2,1-2H3,(H,38,39,40)/b9-7-,12-11-. The van der Waals surface area contributed by atoms with E-state index in [1.165, 1.54) is 19.3 Å². The molecule has 0 amide bonds. The van der Waals surface area contributed by atoms with Crippen LogP contribution in [0.4, 0.5) is 0 Å². The van der Waals surface area contributed by atoms with Crippen molar-refractivity contribution in [3.8, 4) is 0 Å². The largest absolute Gasteiger partial charge is 0.457 e. The summed E-state index contributed by atoms with van der Waals surface area (Å²) in [6.07, 6.45) is 15.6. The van der Waals surface area contributed by atoms with Crippen LogP contribution in [0.5, 0.6) is 0 Å². The molecule has 0 spiro atoms. The van der Waals surface area contributed by atoms with Crippen molar-refractivity contribution in [3.05, 3.63) is 24.3 Å². The molecular weight excluding hydrogens is 620 g/mol. The van der Waals surface area contributed by atoms with Crippen LogP contribution in [0.1, 0.15) is 117 Å². The molecule has 1 aliphatic rings. The third-order valence-corrected chi connectivity index (χ3v) is 8.02. The van der Waals surface area contributed by atoms with E-state index in [1.807, 2.05) is 0 Å². The predicted molar refractivity (Wildman–Crippen MR) is 174 cm³/mol. The van der Waals surface area contributed by atoms with Gasteiger partial charge in [0, 0.05) is 13.0 Å². The van der Waals surface area contributed by atoms with Gasteiger partial charge in [0.25, 0.3) is 0 Å². The number of esters is 1. The van der Waals surface area contributed by atoms with Gasteiger partial charge in [-0.15, -0.1) is 0 Å². The van der Waals surface area contributed by atoms with E-state index in [0.717, 1.165) is 70.6 Å². The van der Waals surface area contributed by atoms with Crippen LogP contribution in [0.15, 0.2) is 24.3 Å². The molecule has 1 heterocycles. The van der Waals surface area contributed by atoms with Gasteiger partial charge in [-0.2, -0.15) is 8.42 Å². The maximum Gasteiger partial charge on any atom is 0.397 e. The molecule has 0 aliphatic carbocycles. The van der Waals surface area contributed by atoms with Gasteiger partial charge in [0.2, 0.25) is 0 Å². The van der Waals surface area contributed by atoms with Crippen molar-refractivity contribution in [1.29, 1.82) is 0 Å². The fourth-order valence-electron chi connectivity index (χ4n) is 4.94. The predicted octanol–water partition coefficient (Wildman–Crippen LogP) is 4.95. The Morgan fingerprint density at radius 1 is 0.826 bits per heavy atom. The average Bonchev–Trinajstić information content (AvgIpc) is 3.01. The summed E-state index contributed by atoms with van der Waals surface area (Å²) in [5, 5.41) is 30.3. The Morgan fingerprint density at radius 2 is 1.48 bits per heavy atom. The summed E-state index contributed by atoms with van der Waals surface area (Å²) in [4.78, 5) is 12.5. The van der Waals surface area contributed by atoms with Gasteiger partial charge in [0.05, 0.1) is 19.8 Å². The minimum Gasteiger partial charge on any atom is -0.457 e. The van der Waals surface area contributed by atoms with Crippen LogP contribution in [-0.4, -0.2) is 97.5 Å². The molecule has 0 saturated carbocycles. The molecule has 1 rings (SSSR count). The van der Waals surface area contributed by atoms with Crippen molar-refractivity contribution in [2.75, 3.05) is 26.4 Å². The molecule has 270 valence electrons. The number of aliphatic hydroxyl groups is 3. The minimum atomic E-state index is -5.05. The van der Waals surface area contributed by atoms with Crippen molar-refractivity contribution < 1.29 is 56.2 Å². The molecule has 0 radical (unpaired) electrons. The summed E-state index contributed by atoms with van der Waals surface area (Å²) in [5.41, 5.74) is 0. The fraction of sp³-hybridized carbons (Fsp3) is 0.848. The average molecular weight is 681 g/mol. The summed E-state index contributed by atoms with van der Waals surface area (Å²) in [6.45, 7) is 3.76. The number of allylic oxidation sites excluding steroid dienone is 4. The third-order valence-electron chi connectivity index (χ3n) is 7.56. The van der Waals surface area contributed by atoms with Gasteiger partial charge in [-0.05, 0) is 38.5 Å². The number of carbonyl (C=O) groups excluding carboxylic acids is 1. The van der Waals surface area contributed by atoms with Crippen LogP contribution in [0.2, 0.25) is 0 Å². The fourth-order valence-corrected chi connectivity index (χ4v) is 5.45. The molecule has 0 aromatic heterocycles. The van der Waals surface area contributed by atoms with Crippen molar-refractivity contribution in [1.82, 2.24) is 0 Å². The van der Waals surface area contributed by atoms with Crippen molar-refractivity contribution in [3.63, 3.8) is 0 Å². The van der Waals surface area contributed by atoms with E-state index in [1.54, 1.807) is 0 Å². The number of unbranched alkanes of at least 4 members (excludes halogenated alkanes) is 11. The van der Waals surface area contributed by atoms with Crippen LogP contribution >= 0.6 is 0 Å². The lowest BCUT2D eigenvalue weighted by Gasteiger charge is -2.41. The van der Waals surface area contributed by atoms with E-state index in [-0.39, 0.29) is 19.6 Å². The minimum absolute atomic E-state index is 0.0291. The van der Waals surface area contributed by atoms with Crippen LogP contribution in [0.25, 0.3) is 0 Å². The van der Waals surface area contributed by atoms with Crippen LogP contribution in [0.3, 0.4) is 0 Å². The number of aliphatic hydroxyl groups excluding tert-OH is 3. The van der Waals surface area contributed by atoms with Gasteiger partial charge in [-0.3, -0.25) is 9.35 Å². The molecule has 1 saturated heterocycles. The van der Waals surface area contributed by atoms with E-state index in [4.69, 9.17) is 23.5 Å². The highest BCUT2D eigenvalue weighted by atomic mass is 32.3. The maximum absolute atomic E-state index is 12.5. The molecule has 4 N–H and O–H groups in total. The van der Waals surface area contributed by atoms with E-state index in [9.17, 15) is 28.5 Å². The first-order chi connectivity index (χ1) is 22.1. The second-order valence-corrected chi connectivity index (χ2v) is 12.8. The first kappa shape index (κ1) is 42.6. The zero-order chi connectivity index (χ0) is 34.0. The van der Waals surface area contributed by atoms with Crippen molar-refractivity contribution >= 4 is 16.4 Å². The topological polar surface area (TPSA) is 178 Å². The number of carbonyl (C=O) groups is 1. The molecule has 6 unspecified atom stereocenters. The SMILES string of the molecule is CCC/C=C\C/C=C\CCCCCCCCOCC(COC1OC(CO)C(O)C(OS(=O)(=O)O)C1O)OC(=O)CCCCCCC. The van der Waals surface area contributed by atoms with Gasteiger partial charge in [0.1, 0.15) is 30.5 Å². The highest BCUT2D eigenvalue weighted by molar-refractivity contribution is 7.80. The Kier molecular flexibility index (Phi) is 24.6. The third kappa shape index (κ3) is 20.7. The Labute approximate surface area is 276 Å². The van der Waals surface area contributed by atoms with Gasteiger partial charge >= 0.3 is 16.4 Å². The normalized spacial score (nSPS) is 23.0. The molecule has 1 fully saturated rings. The lowest BCUT2D eigenvalue weighted by Crippen LogP contribution is -2.60. The first-order valence-electron chi connectivity index (χ1n) is 17.1. The van der Waals surface area contributed by atoms with E-state index >= 15 is 0 Å². The summed E-state index contributed by atoms with van der Waals surface area (Å²) < 4.78 is 58.3. The Morgan fingerprint density at radius 3 is 2.15 bits per heavy atom.